The maximum absolute atomic E-state index is 12.4. The summed E-state index contributed by atoms with van der Waals surface area (Å²) in [6.45, 7) is 0. The Hall–Kier alpha value is -2.48. The van der Waals surface area contributed by atoms with Gasteiger partial charge < -0.3 is 15.6 Å². The molecular weight excluding hydrogens is 324 g/mol. The number of hydrogen-bond acceptors (Lipinski definition) is 6. The van der Waals surface area contributed by atoms with E-state index in [-0.39, 0.29) is 11.4 Å². The summed E-state index contributed by atoms with van der Waals surface area (Å²) in [5, 5.41) is 7.46. The monoisotopic (exact) mass is 340 g/mol. The maximum atomic E-state index is 12.4. The Morgan fingerprint density at radius 1 is 1.17 bits per heavy atom. The summed E-state index contributed by atoms with van der Waals surface area (Å²) < 4.78 is 0. The lowest BCUT2D eigenvalue weighted by Crippen LogP contribution is -2.40. The molecule has 0 atom stereocenters. The molecule has 3 aromatic heterocycles. The highest BCUT2D eigenvalue weighted by Crippen LogP contribution is 2.47. The smallest absolute Gasteiger partial charge is 0.262 e. The Bertz CT molecular complexity index is 939. The van der Waals surface area contributed by atoms with Gasteiger partial charge in [-0.3, -0.25) is 4.79 Å². The molecule has 7 nitrogen and oxygen atoms in total. The van der Waals surface area contributed by atoms with Crippen molar-refractivity contribution in [1.82, 2.24) is 25.3 Å². The van der Waals surface area contributed by atoms with E-state index in [1.807, 2.05) is 0 Å². The second-order valence-electron chi connectivity index (χ2n) is 6.40. The molecule has 3 aromatic rings. The van der Waals surface area contributed by atoms with Gasteiger partial charge in [-0.15, -0.1) is 11.3 Å². The molecule has 122 valence electrons. The molecule has 0 bridgehead atoms. The summed E-state index contributed by atoms with van der Waals surface area (Å²) in [7, 11) is 0. The van der Waals surface area contributed by atoms with Crippen molar-refractivity contribution in [2.45, 2.75) is 37.6 Å². The van der Waals surface area contributed by atoms with E-state index < -0.39 is 0 Å². The lowest BCUT2D eigenvalue weighted by atomic mass is 9.78. The van der Waals surface area contributed by atoms with Gasteiger partial charge >= 0.3 is 0 Å². The standard InChI is InChI=1S/C16H16N6OS/c23-15-12-9(16(22-15)4-2-1-3-5-16)6-10(24-12)21-14-11-13(18-7-17-11)19-8-20-14/h6-8H,1-5H2,(H,22,23)(H2,17,18,19,20,21). The van der Waals surface area contributed by atoms with Crippen LogP contribution in [0.4, 0.5) is 10.8 Å². The van der Waals surface area contributed by atoms with Gasteiger partial charge in [0.05, 0.1) is 21.7 Å². The number of imidazole rings is 1. The minimum atomic E-state index is -0.158. The number of H-pyrrole nitrogens is 1. The van der Waals surface area contributed by atoms with Crippen molar-refractivity contribution < 1.29 is 4.79 Å². The summed E-state index contributed by atoms with van der Waals surface area (Å²) in [5.74, 6) is 0.705. The topological polar surface area (TPSA) is 95.6 Å². The molecule has 0 radical (unpaired) electrons. The van der Waals surface area contributed by atoms with E-state index in [2.05, 4.69) is 36.6 Å². The van der Waals surface area contributed by atoms with Crippen LogP contribution in [0.2, 0.25) is 0 Å². The van der Waals surface area contributed by atoms with Crippen LogP contribution >= 0.6 is 11.3 Å². The average Bonchev–Trinajstić information content (AvgIpc) is 3.27. The number of fused-ring (bicyclic) bond motifs is 3. The number of thiophene rings is 1. The summed E-state index contributed by atoms with van der Waals surface area (Å²) in [5.41, 5.74) is 2.38. The zero-order chi connectivity index (χ0) is 16.1. The number of carbonyl (C=O) groups excluding carboxylic acids is 1. The highest BCUT2D eigenvalue weighted by molar-refractivity contribution is 7.18. The molecule has 1 aliphatic heterocycles. The summed E-state index contributed by atoms with van der Waals surface area (Å²) >= 11 is 1.48. The van der Waals surface area contributed by atoms with Crippen LogP contribution in [0.3, 0.4) is 0 Å². The molecule has 3 N–H and O–H groups in total. The first kappa shape index (κ1) is 13.9. The van der Waals surface area contributed by atoms with Crippen LogP contribution in [-0.4, -0.2) is 25.8 Å². The normalized spacial score (nSPS) is 18.8. The first-order valence-electron chi connectivity index (χ1n) is 8.13. The molecule has 0 saturated heterocycles. The van der Waals surface area contributed by atoms with Crippen LogP contribution in [-0.2, 0) is 5.54 Å². The number of carbonyl (C=O) groups is 1. The lowest BCUT2D eigenvalue weighted by Gasteiger charge is -2.33. The van der Waals surface area contributed by atoms with E-state index in [4.69, 9.17) is 0 Å². The van der Waals surface area contributed by atoms with Gasteiger partial charge in [0.25, 0.3) is 5.91 Å². The van der Waals surface area contributed by atoms with Crippen LogP contribution in [0, 0.1) is 0 Å². The number of amides is 1. The van der Waals surface area contributed by atoms with Crippen LogP contribution in [0.25, 0.3) is 11.2 Å². The van der Waals surface area contributed by atoms with Crippen LogP contribution in [0.1, 0.15) is 47.3 Å². The van der Waals surface area contributed by atoms with Gasteiger partial charge in [-0.2, -0.15) is 0 Å². The lowest BCUT2D eigenvalue weighted by molar-refractivity contribution is 0.0912. The molecule has 1 amide bonds. The number of rotatable bonds is 2. The van der Waals surface area contributed by atoms with Crippen molar-refractivity contribution in [3.8, 4) is 0 Å². The summed E-state index contributed by atoms with van der Waals surface area (Å²) in [4.78, 5) is 28.9. The van der Waals surface area contributed by atoms with E-state index >= 15 is 0 Å². The maximum Gasteiger partial charge on any atom is 0.262 e. The Morgan fingerprint density at radius 2 is 2.04 bits per heavy atom. The first-order valence-corrected chi connectivity index (χ1v) is 8.95. The minimum Gasteiger partial charge on any atom is -0.342 e. The van der Waals surface area contributed by atoms with Crippen molar-refractivity contribution >= 4 is 39.2 Å². The predicted octanol–water partition coefficient (Wildman–Crippen LogP) is 3.06. The Kier molecular flexibility index (Phi) is 2.90. The van der Waals surface area contributed by atoms with Crippen LogP contribution < -0.4 is 10.6 Å². The van der Waals surface area contributed by atoms with E-state index in [1.165, 1.54) is 24.1 Å². The molecule has 1 aliphatic carbocycles. The number of hydrogen-bond donors (Lipinski definition) is 3. The van der Waals surface area contributed by atoms with E-state index in [0.717, 1.165) is 41.1 Å². The molecule has 4 heterocycles. The van der Waals surface area contributed by atoms with Crippen LogP contribution in [0.15, 0.2) is 18.7 Å². The first-order chi connectivity index (χ1) is 11.8. The van der Waals surface area contributed by atoms with Crippen molar-refractivity contribution in [3.63, 3.8) is 0 Å². The number of anilines is 2. The van der Waals surface area contributed by atoms with Crippen molar-refractivity contribution in [2.24, 2.45) is 0 Å². The molecule has 0 aromatic carbocycles. The molecule has 2 aliphatic rings. The molecule has 8 heteroatoms. The zero-order valence-corrected chi connectivity index (χ0v) is 13.7. The number of aromatic nitrogens is 4. The van der Waals surface area contributed by atoms with Crippen molar-refractivity contribution in [2.75, 3.05) is 5.32 Å². The van der Waals surface area contributed by atoms with Gasteiger partial charge in [-0.1, -0.05) is 19.3 Å². The molecule has 1 spiro atoms. The number of nitrogens with zero attached hydrogens (tertiary/aromatic N) is 3. The number of aromatic amines is 1. The van der Waals surface area contributed by atoms with Gasteiger partial charge in [0.1, 0.15) is 6.33 Å². The Morgan fingerprint density at radius 3 is 2.92 bits per heavy atom. The average molecular weight is 340 g/mol. The van der Waals surface area contributed by atoms with Gasteiger partial charge in [0.2, 0.25) is 0 Å². The third-order valence-corrected chi connectivity index (χ3v) is 6.02. The molecule has 1 fully saturated rings. The Labute approximate surface area is 141 Å². The van der Waals surface area contributed by atoms with E-state index in [1.54, 1.807) is 6.33 Å². The van der Waals surface area contributed by atoms with E-state index in [9.17, 15) is 4.79 Å². The third-order valence-electron chi connectivity index (χ3n) is 4.97. The van der Waals surface area contributed by atoms with E-state index in [0.29, 0.717) is 17.0 Å². The van der Waals surface area contributed by atoms with Crippen molar-refractivity contribution in [3.05, 3.63) is 29.2 Å². The van der Waals surface area contributed by atoms with Gasteiger partial charge in [0, 0.05) is 5.56 Å². The van der Waals surface area contributed by atoms with Gasteiger partial charge in [-0.05, 0) is 18.9 Å². The van der Waals surface area contributed by atoms with Crippen molar-refractivity contribution in [1.29, 1.82) is 0 Å². The summed E-state index contributed by atoms with van der Waals surface area (Å²) in [6.07, 6.45) is 8.73. The Balaban J connectivity index is 1.53. The number of nitrogens with one attached hydrogen (secondary N) is 3. The zero-order valence-electron chi connectivity index (χ0n) is 12.9. The second-order valence-corrected chi connectivity index (χ2v) is 7.45. The fraction of sp³-hybridized carbons (Fsp3) is 0.375. The fourth-order valence-corrected chi connectivity index (χ4v) is 4.89. The highest BCUT2D eigenvalue weighted by Gasteiger charge is 2.45. The largest absolute Gasteiger partial charge is 0.342 e. The molecular formula is C16H16N6OS. The fourth-order valence-electron chi connectivity index (χ4n) is 3.84. The summed E-state index contributed by atoms with van der Waals surface area (Å²) in [6, 6.07) is 2.10. The third kappa shape index (κ3) is 1.96. The molecule has 5 rings (SSSR count). The van der Waals surface area contributed by atoms with Gasteiger partial charge in [-0.25, -0.2) is 15.0 Å². The second kappa shape index (κ2) is 5.01. The molecule has 0 unspecified atom stereocenters. The van der Waals surface area contributed by atoms with Crippen LogP contribution in [0.5, 0.6) is 0 Å². The quantitative estimate of drug-likeness (QED) is 0.666. The van der Waals surface area contributed by atoms with Gasteiger partial charge in [0.15, 0.2) is 17.0 Å². The predicted molar refractivity (Wildman–Crippen MR) is 91.5 cm³/mol. The SMILES string of the molecule is O=C1NC2(CCCCC2)c2cc(Nc3ncnc4[nH]cnc34)sc21. The highest BCUT2D eigenvalue weighted by atomic mass is 32.1. The molecule has 1 saturated carbocycles. The molecule has 24 heavy (non-hydrogen) atoms. The minimum absolute atomic E-state index is 0.0533.